The van der Waals surface area contributed by atoms with E-state index in [1.807, 2.05) is 328 Å². The van der Waals surface area contributed by atoms with Gasteiger partial charge in [0.1, 0.15) is 33.5 Å². The molecule has 0 radical (unpaired) electrons. The van der Waals surface area contributed by atoms with E-state index in [1.165, 1.54) is 0 Å². The fourth-order valence-electron chi connectivity index (χ4n) is 20.7. The molecule has 0 amide bonds. The van der Waals surface area contributed by atoms with Crippen LogP contribution in [0.3, 0.4) is 0 Å². The van der Waals surface area contributed by atoms with Crippen LogP contribution in [0.4, 0.5) is 0 Å². The molecule has 0 aliphatic heterocycles. The van der Waals surface area contributed by atoms with Crippen molar-refractivity contribution in [2.75, 3.05) is 0 Å². The highest BCUT2D eigenvalue weighted by molar-refractivity contribution is 6.31. The third kappa shape index (κ3) is 13.3. The van der Waals surface area contributed by atoms with Crippen LogP contribution in [0.1, 0.15) is 32.9 Å². The van der Waals surface area contributed by atoms with Crippen LogP contribution < -0.4 is 0 Å². The largest absolute Gasteiger partial charge is 0.456 e. The standard InChI is InChI=1S/C48H30O.C46H28O.C40H24O/c1-2-13-31(14-3-1)32-25-27-33(28-26-32)36-17-6-7-18-37(36)46-38-19-8-10-21-40(38)47(41-22-11-9-20-39(41)46)42-23-12-24-44-48(42)43-29-34-15-4-5-16-35(34)30-45(43)49-44;1-2-11-29(12-3-1)32-21-22-34-26-35(24-23-33(34)25-32)44-36-15-6-8-17-38(36)45(39-18-9-7-16-37(39)44)40-19-10-20-42-46(40)41-27-30-13-4-5-14-31(30)28-43(41)47-42;1-2-11-26-22-29(21-20-25(26)10-1)38-30-14-5-7-16-32(30)39(33-17-8-6-15-31(33)38)34-18-9-19-36-40(34)35-23-27-12-3-4-13-28(27)24-37(35)41-36/h1-30H;1-28H;1-24H/i8D,9D,10D,11D,19D,20D,21D,22D;6D,7D,8D,9D,15D,16D,17D,18D;5D,6D,7D,8D,14D,15D,16D,17D. The van der Waals surface area contributed by atoms with Crippen molar-refractivity contribution in [3.8, 4) is 100 Å². The van der Waals surface area contributed by atoms with Gasteiger partial charge in [-0.05, 0) is 291 Å². The molecule has 0 N–H and O–H groups in total. The Hall–Kier alpha value is -18.0. The summed E-state index contributed by atoms with van der Waals surface area (Å²) in [5.41, 5.74) is 14.4. The molecule has 0 unspecified atom stereocenters. The summed E-state index contributed by atoms with van der Waals surface area (Å²) in [4.78, 5) is 0. The van der Waals surface area contributed by atoms with Crippen LogP contribution in [0, 0.1) is 0 Å². The molecule has 0 fully saturated rings. The Morgan fingerprint density at radius 1 is 0.131 bits per heavy atom. The molecule has 29 rings (SSSR count). The second-order valence-corrected chi connectivity index (χ2v) is 34.4. The van der Waals surface area contributed by atoms with E-state index in [0.29, 0.717) is 111 Å². The molecule has 0 spiro atoms. The third-order valence-electron chi connectivity index (χ3n) is 26.8. The molecule has 0 atom stereocenters. The van der Waals surface area contributed by atoms with E-state index in [9.17, 15) is 16.4 Å². The van der Waals surface area contributed by atoms with Gasteiger partial charge >= 0.3 is 0 Å². The first-order chi connectivity index (χ1) is 77.9. The number of furan rings is 3. The highest BCUT2D eigenvalue weighted by Crippen LogP contribution is 2.54. The van der Waals surface area contributed by atoms with Gasteiger partial charge in [-0.2, -0.15) is 0 Å². The Balaban J connectivity index is 0.000000117. The first-order valence-electron chi connectivity index (χ1n) is 57.2. The Labute approximate surface area is 823 Å². The molecule has 636 valence electrons. The van der Waals surface area contributed by atoms with Crippen molar-refractivity contribution in [1.82, 2.24) is 0 Å². The lowest BCUT2D eigenvalue weighted by atomic mass is 9.83. The SMILES string of the molecule is [2H]c1c([2H])c([2H])c2c(-c3cccc4oc5cc6ccccc6cc5c34)c3c([2H])c([2H])c([2H])c([2H])c3c(-c3ccc4cc(-c5ccccc5)ccc4c3)c2c1[2H].[2H]c1c([2H])c([2H])c2c(-c3cccc4oc5cc6ccccc6cc5c34)c3c([2H])c([2H])c([2H])c([2H])c3c(-c3ccc4ccccc4c3)c2c1[2H].[2H]c1c([2H])c([2H])c2c(-c3cccc4oc5cc6ccccc6cc5c34)c3c([2H])c([2H])c([2H])c([2H])c3c(-c3ccccc3-c3ccc(-c4ccccc4)cc3)c2c1[2H]. The van der Waals surface area contributed by atoms with Crippen LogP contribution in [-0.4, -0.2) is 0 Å². The lowest BCUT2D eigenvalue weighted by Gasteiger charge is -2.20. The molecular weight excluding hydrogens is 1660 g/mol. The molecule has 3 heterocycles. The fraction of sp³-hybridized carbons (Fsp3) is 0. The summed E-state index contributed by atoms with van der Waals surface area (Å²) in [5.74, 6) is 0. The predicted octanol–water partition coefficient (Wildman–Crippen LogP) is 38.4. The van der Waals surface area contributed by atoms with Crippen LogP contribution in [0.5, 0.6) is 0 Å². The molecule has 26 aromatic carbocycles. The minimum Gasteiger partial charge on any atom is -0.456 e. The summed E-state index contributed by atoms with van der Waals surface area (Å²) < 4.78 is 238. The summed E-state index contributed by atoms with van der Waals surface area (Å²) in [6, 6.07) is 104. The maximum absolute atomic E-state index is 9.53. The van der Waals surface area contributed by atoms with Gasteiger partial charge in [0.05, 0.1) is 32.9 Å². The number of hydrogen-bond donors (Lipinski definition) is 0. The highest BCUT2D eigenvalue weighted by atomic mass is 16.3. The molecule has 29 aromatic rings. The molecule has 0 aliphatic carbocycles. The minimum atomic E-state index is -0.445. The van der Waals surface area contributed by atoms with Gasteiger partial charge in [-0.1, -0.05) is 424 Å². The molecule has 0 saturated carbocycles. The van der Waals surface area contributed by atoms with Gasteiger partial charge in [0.25, 0.3) is 0 Å². The maximum Gasteiger partial charge on any atom is 0.136 e. The molecular formula is C134H82O3. The van der Waals surface area contributed by atoms with Crippen LogP contribution in [0.15, 0.2) is 510 Å². The predicted molar refractivity (Wildman–Crippen MR) is 583 cm³/mol. The van der Waals surface area contributed by atoms with Crippen molar-refractivity contribution in [2.45, 2.75) is 0 Å². The van der Waals surface area contributed by atoms with E-state index in [2.05, 4.69) is 6.07 Å². The Morgan fingerprint density at radius 2 is 0.358 bits per heavy atom. The van der Waals surface area contributed by atoms with Gasteiger partial charge in [0.15, 0.2) is 0 Å². The molecule has 3 aromatic heterocycles. The van der Waals surface area contributed by atoms with E-state index in [1.54, 1.807) is 18.2 Å². The molecule has 3 nitrogen and oxygen atoms in total. The molecule has 3 heteroatoms. The molecule has 0 bridgehead atoms. The highest BCUT2D eigenvalue weighted by Gasteiger charge is 2.27. The Bertz CT molecular complexity index is 11300. The van der Waals surface area contributed by atoms with E-state index in [-0.39, 0.29) is 143 Å². The van der Waals surface area contributed by atoms with E-state index >= 15 is 0 Å². The van der Waals surface area contributed by atoms with E-state index in [0.717, 1.165) is 103 Å². The Morgan fingerprint density at radius 3 is 0.708 bits per heavy atom. The summed E-state index contributed by atoms with van der Waals surface area (Å²) in [6.07, 6.45) is 0. The summed E-state index contributed by atoms with van der Waals surface area (Å²) >= 11 is 0. The Kier molecular flexibility index (Phi) is 13.7. The van der Waals surface area contributed by atoms with Crippen LogP contribution in [0.25, 0.3) is 284 Å². The van der Waals surface area contributed by atoms with Crippen molar-refractivity contribution < 1.29 is 46.1 Å². The lowest BCUT2D eigenvalue weighted by molar-refractivity contribution is 0.669. The second kappa shape index (κ2) is 32.5. The van der Waals surface area contributed by atoms with Crippen molar-refractivity contribution in [3.05, 3.63) is 497 Å². The van der Waals surface area contributed by atoms with Crippen molar-refractivity contribution in [2.24, 2.45) is 0 Å². The average Bonchev–Trinajstić information content (AvgIpc) is 1.61. The van der Waals surface area contributed by atoms with Gasteiger partial charge in [0.2, 0.25) is 0 Å². The third-order valence-corrected chi connectivity index (χ3v) is 26.8. The number of fused-ring (bicyclic) bond motifs is 20. The van der Waals surface area contributed by atoms with E-state index < -0.39 is 72.5 Å². The first kappa shape index (κ1) is 58.0. The van der Waals surface area contributed by atoms with Gasteiger partial charge in [0, 0.05) is 32.3 Å². The van der Waals surface area contributed by atoms with Crippen LogP contribution in [0.2, 0.25) is 0 Å². The smallest absolute Gasteiger partial charge is 0.136 e. The number of hydrogen-bond acceptors (Lipinski definition) is 3. The molecule has 0 aliphatic rings. The van der Waals surface area contributed by atoms with Gasteiger partial charge < -0.3 is 13.3 Å². The molecule has 137 heavy (non-hydrogen) atoms. The number of rotatable bonds is 9. The zero-order chi connectivity index (χ0) is 111. The van der Waals surface area contributed by atoms with Crippen LogP contribution in [-0.2, 0) is 0 Å². The maximum atomic E-state index is 9.53. The average molecular weight is 1760 g/mol. The van der Waals surface area contributed by atoms with Crippen molar-refractivity contribution >= 4 is 184 Å². The van der Waals surface area contributed by atoms with Crippen molar-refractivity contribution in [1.29, 1.82) is 0 Å². The summed E-state index contributed by atoms with van der Waals surface area (Å²) in [6.45, 7) is 0. The number of benzene rings is 26. The lowest BCUT2D eigenvalue weighted by Crippen LogP contribution is -1.93. The quantitative estimate of drug-likeness (QED) is 0.135. The zero-order valence-electron chi connectivity index (χ0n) is 96.7. The second-order valence-electron chi connectivity index (χ2n) is 34.4. The summed E-state index contributed by atoms with van der Waals surface area (Å²) in [7, 11) is 0. The van der Waals surface area contributed by atoms with Gasteiger partial charge in [-0.15, -0.1) is 0 Å². The first-order valence-corrected chi connectivity index (χ1v) is 45.2. The fourth-order valence-corrected chi connectivity index (χ4v) is 20.7. The van der Waals surface area contributed by atoms with E-state index in [4.69, 9.17) is 29.7 Å². The monoisotopic (exact) mass is 1760 g/mol. The van der Waals surface area contributed by atoms with Gasteiger partial charge in [-0.25, -0.2) is 0 Å². The summed E-state index contributed by atoms with van der Waals surface area (Å²) in [5, 5.41) is 16.0. The van der Waals surface area contributed by atoms with Gasteiger partial charge in [-0.3, -0.25) is 0 Å². The molecule has 0 saturated heterocycles. The minimum absolute atomic E-state index is 0.158. The topological polar surface area (TPSA) is 39.4 Å². The zero-order valence-corrected chi connectivity index (χ0v) is 72.7. The normalized spacial score (nSPS) is 14.2. The van der Waals surface area contributed by atoms with Crippen molar-refractivity contribution in [3.63, 3.8) is 0 Å². The van der Waals surface area contributed by atoms with Crippen LogP contribution >= 0.6 is 0 Å².